The number of carbonyl (C=O) groups excluding carboxylic acids is 1. The van der Waals surface area contributed by atoms with E-state index in [4.69, 9.17) is 10.3 Å². The van der Waals surface area contributed by atoms with Crippen molar-refractivity contribution >= 4 is 54.2 Å². The number of amides is 1. The van der Waals surface area contributed by atoms with Crippen molar-refractivity contribution in [2.24, 2.45) is 10.3 Å². The molecule has 1 aliphatic rings. The zero-order chi connectivity index (χ0) is 27.5. The van der Waals surface area contributed by atoms with Gasteiger partial charge in [-0.15, -0.1) is 0 Å². The van der Waals surface area contributed by atoms with E-state index in [0.29, 0.717) is 33.3 Å². The van der Waals surface area contributed by atoms with E-state index in [1.807, 2.05) is 13.0 Å². The second-order valence-electron chi connectivity index (χ2n) is 8.56. The van der Waals surface area contributed by atoms with Gasteiger partial charge in [-0.05, 0) is 6.07 Å². The molecule has 0 heterocycles. The minimum atomic E-state index is -3.94. The molecule has 0 unspecified atom stereocenters. The van der Waals surface area contributed by atoms with Gasteiger partial charge in [0.25, 0.3) is 0 Å². The fourth-order valence-electron chi connectivity index (χ4n) is 3.90. The summed E-state index contributed by atoms with van der Waals surface area (Å²) < 4.78 is 50.3. The summed E-state index contributed by atoms with van der Waals surface area (Å²) >= 11 is 2.34. The standard InChI is InChI=1S/C24H27AsN4O6S2/c1-15-17(10-13-20(28-31)23(15)25)14-21(29(2)36(3,32)33)24(30)27-18-11-8-16(9-12-18)19-6-4-5-7-22(19)37(26,34)35/h4-12,21,31H,13-14H2,1-3H3,(H,27,30)(H2,26,34,35)/t21-/m0/s1. The van der Waals surface area contributed by atoms with Crippen LogP contribution in [0.2, 0.25) is 0 Å². The van der Waals surface area contributed by atoms with Gasteiger partial charge < -0.3 is 0 Å². The number of hydrogen-bond acceptors (Lipinski definition) is 7. The van der Waals surface area contributed by atoms with Gasteiger partial charge in [-0.2, -0.15) is 0 Å². The Labute approximate surface area is 225 Å². The molecular weight excluding hydrogens is 579 g/mol. The number of benzene rings is 2. The third-order valence-corrected chi connectivity index (χ3v) is 9.62. The third-order valence-electron chi connectivity index (χ3n) is 6.11. The van der Waals surface area contributed by atoms with Crippen molar-refractivity contribution < 1.29 is 26.8 Å². The summed E-state index contributed by atoms with van der Waals surface area (Å²) in [5, 5.41) is 20.5. The number of likely N-dealkylation sites (N-methyl/N-ethyl adjacent to an activating group) is 1. The molecule has 1 amide bonds. The summed E-state index contributed by atoms with van der Waals surface area (Å²) in [5.74, 6) is -0.534. The summed E-state index contributed by atoms with van der Waals surface area (Å²) in [7, 11) is -6.30. The number of oxime groups is 1. The van der Waals surface area contributed by atoms with E-state index in [9.17, 15) is 21.6 Å². The number of primary sulfonamides is 1. The first-order chi connectivity index (χ1) is 17.2. The first-order valence-corrected chi connectivity index (χ1v) is 15.3. The Kier molecular flexibility index (Phi) is 8.81. The molecule has 0 saturated heterocycles. The van der Waals surface area contributed by atoms with E-state index < -0.39 is 32.0 Å². The van der Waals surface area contributed by atoms with Crippen LogP contribution >= 0.6 is 0 Å². The van der Waals surface area contributed by atoms with E-state index in [1.54, 1.807) is 42.5 Å². The Hall–Kier alpha value is -2.76. The van der Waals surface area contributed by atoms with Gasteiger partial charge in [-0.3, -0.25) is 0 Å². The summed E-state index contributed by atoms with van der Waals surface area (Å²) in [6.07, 6.45) is 3.31. The number of sulfonamides is 2. The zero-order valence-corrected chi connectivity index (χ0v) is 23.9. The van der Waals surface area contributed by atoms with E-state index in [2.05, 4.69) is 27.3 Å². The molecule has 0 bridgehead atoms. The Morgan fingerprint density at radius 1 is 1.16 bits per heavy atom. The number of nitrogens with one attached hydrogen (secondary N) is 1. The molecule has 0 spiro atoms. The SMILES string of the molecule is CC1=C([As])C(=NO)CC=C1C[C@@H](C(=O)Nc1ccc(-c2ccccc2S(N)(=O)=O)cc1)N(C)S(C)(=O)=O. The maximum absolute atomic E-state index is 13.3. The minimum absolute atomic E-state index is 0.0193. The maximum atomic E-state index is 13.3. The number of rotatable bonds is 8. The fraction of sp³-hybridized carbons (Fsp3) is 0.250. The van der Waals surface area contributed by atoms with Crippen LogP contribution in [0.1, 0.15) is 19.8 Å². The van der Waals surface area contributed by atoms with E-state index >= 15 is 0 Å². The van der Waals surface area contributed by atoms with Gasteiger partial charge in [0.05, 0.1) is 4.90 Å². The van der Waals surface area contributed by atoms with Gasteiger partial charge in [0, 0.05) is 0 Å². The number of anilines is 1. The topological polar surface area (TPSA) is 159 Å². The third kappa shape index (κ3) is 6.77. The molecule has 37 heavy (non-hydrogen) atoms. The number of allylic oxidation sites excluding steroid dienone is 3. The van der Waals surface area contributed by atoms with Crippen LogP contribution < -0.4 is 10.5 Å². The summed E-state index contributed by atoms with van der Waals surface area (Å²) in [5.41, 5.74) is 3.45. The van der Waals surface area contributed by atoms with Gasteiger partial charge in [0.15, 0.2) is 0 Å². The van der Waals surface area contributed by atoms with E-state index in [0.717, 1.165) is 21.7 Å². The van der Waals surface area contributed by atoms with Crippen molar-refractivity contribution in [1.82, 2.24) is 4.31 Å². The Morgan fingerprint density at radius 3 is 2.35 bits per heavy atom. The predicted octanol–water partition coefficient (Wildman–Crippen LogP) is 2.19. The normalized spacial score (nSPS) is 16.6. The van der Waals surface area contributed by atoms with Crippen molar-refractivity contribution in [2.45, 2.75) is 30.7 Å². The monoisotopic (exact) mass is 606 g/mol. The molecule has 3 rings (SSSR count). The average molecular weight is 607 g/mol. The Bertz CT molecular complexity index is 1510. The molecular formula is C24H27AsN4O6S2. The van der Waals surface area contributed by atoms with Crippen molar-refractivity contribution in [3.05, 3.63) is 70.1 Å². The molecule has 0 aliphatic heterocycles. The van der Waals surface area contributed by atoms with Crippen LogP contribution in [0, 0.1) is 0 Å². The van der Waals surface area contributed by atoms with Crippen LogP contribution in [0.5, 0.6) is 0 Å². The summed E-state index contributed by atoms with van der Waals surface area (Å²) in [6.45, 7) is 1.82. The molecule has 2 aromatic carbocycles. The molecule has 2 aromatic rings. The van der Waals surface area contributed by atoms with Crippen LogP contribution in [0.3, 0.4) is 0 Å². The Morgan fingerprint density at radius 2 is 1.78 bits per heavy atom. The molecule has 0 saturated carbocycles. The molecule has 0 aromatic heterocycles. The molecule has 0 fully saturated rings. The van der Waals surface area contributed by atoms with Crippen molar-refractivity contribution in [3.63, 3.8) is 0 Å². The number of nitrogens with zero attached hydrogens (tertiary/aromatic N) is 2. The second-order valence-corrected chi connectivity index (χ2v) is 13.1. The van der Waals surface area contributed by atoms with E-state index in [-0.39, 0.29) is 11.3 Å². The number of carbonyl (C=O) groups is 1. The predicted molar refractivity (Wildman–Crippen MR) is 143 cm³/mol. The van der Waals surface area contributed by atoms with Crippen molar-refractivity contribution in [1.29, 1.82) is 0 Å². The van der Waals surface area contributed by atoms with Gasteiger partial charge in [-0.1, -0.05) is 18.2 Å². The quantitative estimate of drug-likeness (QED) is 0.237. The Balaban J connectivity index is 1.88. The van der Waals surface area contributed by atoms with Gasteiger partial charge in [0.1, 0.15) is 0 Å². The van der Waals surface area contributed by atoms with Crippen LogP contribution in [-0.2, 0) is 24.8 Å². The molecule has 1 aliphatic carbocycles. The molecule has 1 atom stereocenters. The molecule has 4 N–H and O–H groups in total. The first-order valence-electron chi connectivity index (χ1n) is 11.0. The average Bonchev–Trinajstić information content (AvgIpc) is 2.84. The molecule has 2 radical (unpaired) electrons. The first kappa shape index (κ1) is 28.8. The van der Waals surface area contributed by atoms with Crippen LogP contribution in [0.25, 0.3) is 11.1 Å². The van der Waals surface area contributed by atoms with Gasteiger partial charge in [-0.25, -0.2) is 13.6 Å². The second kappa shape index (κ2) is 11.3. The molecule has 13 heteroatoms. The molecule has 196 valence electrons. The van der Waals surface area contributed by atoms with Gasteiger partial charge in [0.2, 0.25) is 10.0 Å². The number of hydrogen-bond donors (Lipinski definition) is 3. The van der Waals surface area contributed by atoms with Crippen LogP contribution in [0.4, 0.5) is 5.69 Å². The summed E-state index contributed by atoms with van der Waals surface area (Å²) in [4.78, 5) is 13.3. The molecule has 10 nitrogen and oxygen atoms in total. The van der Waals surface area contributed by atoms with E-state index in [1.165, 1.54) is 13.1 Å². The summed E-state index contributed by atoms with van der Waals surface area (Å²) in [6, 6.07) is 11.7. The van der Waals surface area contributed by atoms with Crippen LogP contribution in [0.15, 0.2) is 80.2 Å². The number of nitrogens with two attached hydrogens (primary N) is 1. The van der Waals surface area contributed by atoms with Crippen molar-refractivity contribution in [2.75, 3.05) is 18.6 Å². The van der Waals surface area contributed by atoms with Gasteiger partial charge >= 0.3 is 173 Å². The van der Waals surface area contributed by atoms with Crippen LogP contribution in [-0.4, -0.2) is 74.2 Å². The fourth-order valence-corrected chi connectivity index (χ4v) is 5.88. The van der Waals surface area contributed by atoms with Crippen molar-refractivity contribution in [3.8, 4) is 11.1 Å². The zero-order valence-electron chi connectivity index (χ0n) is 20.4.